The predicted molar refractivity (Wildman–Crippen MR) is 115 cm³/mol. The fourth-order valence-electron chi connectivity index (χ4n) is 4.87. The summed E-state index contributed by atoms with van der Waals surface area (Å²) in [6, 6.07) is 23.9. The molecule has 1 fully saturated rings. The van der Waals surface area contributed by atoms with E-state index in [1.807, 2.05) is 24.3 Å². The molecular formula is C24H22ClN3. The highest BCUT2D eigenvalue weighted by Gasteiger charge is 2.38. The monoisotopic (exact) mass is 387 g/mol. The Morgan fingerprint density at radius 2 is 1.79 bits per heavy atom. The Kier molecular flexibility index (Phi) is 4.27. The molecule has 28 heavy (non-hydrogen) atoms. The van der Waals surface area contributed by atoms with Gasteiger partial charge in [-0.15, -0.1) is 0 Å². The largest absolute Gasteiger partial charge is 0.367 e. The summed E-state index contributed by atoms with van der Waals surface area (Å²) in [5.74, 6) is 0. The maximum Gasteiger partial charge on any atom is 0.127 e. The maximum absolute atomic E-state index is 9.92. The first kappa shape index (κ1) is 17.6. The van der Waals surface area contributed by atoms with Crippen LogP contribution in [0.15, 0.2) is 60.7 Å². The van der Waals surface area contributed by atoms with Gasteiger partial charge in [-0.05, 0) is 59.4 Å². The molecule has 2 aliphatic rings. The SMILES string of the molecule is N#CC1(Nc2cccc(Cl)c2)CCN(C2Cc3cccc4cccc2c34)CC1. The second kappa shape index (κ2) is 6.81. The summed E-state index contributed by atoms with van der Waals surface area (Å²) in [5, 5.41) is 16.8. The predicted octanol–water partition coefficient (Wildman–Crippen LogP) is 5.56. The second-order valence-corrected chi connectivity index (χ2v) is 8.38. The number of hydrogen-bond donors (Lipinski definition) is 1. The first-order valence-electron chi connectivity index (χ1n) is 9.87. The van der Waals surface area contributed by atoms with E-state index in [4.69, 9.17) is 11.6 Å². The Balaban J connectivity index is 1.35. The zero-order valence-corrected chi connectivity index (χ0v) is 16.4. The van der Waals surface area contributed by atoms with E-state index in [2.05, 4.69) is 52.7 Å². The molecule has 1 aliphatic heterocycles. The van der Waals surface area contributed by atoms with Crippen LogP contribution >= 0.6 is 11.6 Å². The maximum atomic E-state index is 9.92. The van der Waals surface area contributed by atoms with Gasteiger partial charge in [-0.3, -0.25) is 4.90 Å². The Bertz CT molecular complexity index is 1070. The van der Waals surface area contributed by atoms with E-state index in [1.165, 1.54) is 21.9 Å². The third-order valence-corrected chi connectivity index (χ3v) is 6.55. The summed E-state index contributed by atoms with van der Waals surface area (Å²) in [4.78, 5) is 2.56. The van der Waals surface area contributed by atoms with E-state index in [9.17, 15) is 5.26 Å². The van der Waals surface area contributed by atoms with Crippen LogP contribution in [0.1, 0.15) is 30.0 Å². The van der Waals surface area contributed by atoms with Gasteiger partial charge in [-0.1, -0.05) is 54.1 Å². The molecule has 0 spiro atoms. The first-order valence-corrected chi connectivity index (χ1v) is 10.2. The minimum absolute atomic E-state index is 0.420. The van der Waals surface area contributed by atoms with Crippen molar-refractivity contribution >= 4 is 28.1 Å². The standard InChI is InChI=1S/C24H22ClN3/c25-19-7-3-8-20(15-19)27-24(16-26)10-12-28(13-11-24)22-14-18-6-1-4-17-5-2-9-21(22)23(17)18/h1-9,15,22,27H,10-14H2. The van der Waals surface area contributed by atoms with Crippen LogP contribution in [-0.2, 0) is 6.42 Å². The Labute approximate surface area is 170 Å². The van der Waals surface area contributed by atoms with Crippen molar-refractivity contribution in [1.29, 1.82) is 5.26 Å². The van der Waals surface area contributed by atoms with Crippen molar-refractivity contribution in [2.75, 3.05) is 18.4 Å². The average molecular weight is 388 g/mol. The van der Waals surface area contributed by atoms with Crippen LogP contribution in [0.4, 0.5) is 5.69 Å². The van der Waals surface area contributed by atoms with Gasteiger partial charge in [-0.25, -0.2) is 0 Å². The molecule has 3 aromatic rings. The minimum Gasteiger partial charge on any atom is -0.367 e. The summed E-state index contributed by atoms with van der Waals surface area (Å²) in [6.07, 6.45) is 2.68. The highest BCUT2D eigenvalue weighted by Crippen LogP contribution is 2.42. The van der Waals surface area contributed by atoms with Crippen molar-refractivity contribution in [2.24, 2.45) is 0 Å². The van der Waals surface area contributed by atoms with Gasteiger partial charge in [0, 0.05) is 29.8 Å². The number of likely N-dealkylation sites (tertiary alicyclic amines) is 1. The lowest BCUT2D eigenvalue weighted by molar-refractivity contribution is 0.144. The topological polar surface area (TPSA) is 39.1 Å². The van der Waals surface area contributed by atoms with Crippen molar-refractivity contribution in [2.45, 2.75) is 30.8 Å². The molecule has 0 bridgehead atoms. The number of benzene rings is 3. The van der Waals surface area contributed by atoms with Crippen LogP contribution in [0.25, 0.3) is 10.8 Å². The fraction of sp³-hybridized carbons (Fsp3) is 0.292. The highest BCUT2D eigenvalue weighted by molar-refractivity contribution is 6.30. The quantitative estimate of drug-likeness (QED) is 0.639. The van der Waals surface area contributed by atoms with Gasteiger partial charge >= 0.3 is 0 Å². The second-order valence-electron chi connectivity index (χ2n) is 7.95. The smallest absolute Gasteiger partial charge is 0.127 e. The van der Waals surface area contributed by atoms with E-state index in [0.29, 0.717) is 11.1 Å². The number of nitrogens with zero attached hydrogens (tertiary/aromatic N) is 2. The van der Waals surface area contributed by atoms with Crippen molar-refractivity contribution < 1.29 is 0 Å². The van der Waals surface area contributed by atoms with Crippen molar-refractivity contribution in [3.63, 3.8) is 0 Å². The number of piperidine rings is 1. The fourth-order valence-corrected chi connectivity index (χ4v) is 5.06. The Morgan fingerprint density at radius 1 is 1.04 bits per heavy atom. The molecule has 3 aromatic carbocycles. The first-order chi connectivity index (χ1) is 13.7. The minimum atomic E-state index is -0.529. The molecule has 3 nitrogen and oxygen atoms in total. The summed E-state index contributed by atoms with van der Waals surface area (Å²) < 4.78 is 0. The lowest BCUT2D eigenvalue weighted by atomic mass is 9.87. The summed E-state index contributed by atoms with van der Waals surface area (Å²) in [7, 11) is 0. The number of nitriles is 1. The zero-order chi connectivity index (χ0) is 19.1. The van der Waals surface area contributed by atoms with E-state index < -0.39 is 5.54 Å². The van der Waals surface area contributed by atoms with Crippen LogP contribution in [0.2, 0.25) is 5.02 Å². The van der Waals surface area contributed by atoms with Gasteiger partial charge in [0.25, 0.3) is 0 Å². The van der Waals surface area contributed by atoms with Crippen LogP contribution in [0, 0.1) is 11.3 Å². The number of rotatable bonds is 3. The molecule has 1 saturated heterocycles. The molecule has 0 amide bonds. The van der Waals surface area contributed by atoms with Gasteiger partial charge in [0.05, 0.1) is 6.07 Å². The molecule has 1 heterocycles. The summed E-state index contributed by atoms with van der Waals surface area (Å²) >= 11 is 6.11. The van der Waals surface area contributed by atoms with Crippen LogP contribution in [-0.4, -0.2) is 23.5 Å². The third kappa shape index (κ3) is 2.94. The summed E-state index contributed by atoms with van der Waals surface area (Å²) in [6.45, 7) is 1.83. The molecule has 1 aliphatic carbocycles. The molecular weight excluding hydrogens is 366 g/mol. The Morgan fingerprint density at radius 3 is 2.54 bits per heavy atom. The van der Waals surface area contributed by atoms with Gasteiger partial charge in [0.2, 0.25) is 0 Å². The highest BCUT2D eigenvalue weighted by atomic mass is 35.5. The van der Waals surface area contributed by atoms with Gasteiger partial charge in [0.15, 0.2) is 0 Å². The number of halogens is 1. The van der Waals surface area contributed by atoms with Crippen molar-refractivity contribution in [3.05, 3.63) is 76.8 Å². The average Bonchev–Trinajstić information content (AvgIpc) is 3.10. The molecule has 4 heteroatoms. The third-order valence-electron chi connectivity index (χ3n) is 6.31. The van der Waals surface area contributed by atoms with Gasteiger partial charge in [0.1, 0.15) is 5.54 Å². The van der Waals surface area contributed by atoms with E-state index in [-0.39, 0.29) is 0 Å². The molecule has 1 N–H and O–H groups in total. The molecule has 140 valence electrons. The van der Waals surface area contributed by atoms with Crippen LogP contribution in [0.3, 0.4) is 0 Å². The molecule has 0 saturated carbocycles. The van der Waals surface area contributed by atoms with E-state index in [1.54, 1.807) is 0 Å². The van der Waals surface area contributed by atoms with Crippen LogP contribution < -0.4 is 5.32 Å². The van der Waals surface area contributed by atoms with E-state index in [0.717, 1.165) is 38.0 Å². The number of nitrogens with one attached hydrogen (secondary N) is 1. The lowest BCUT2D eigenvalue weighted by Gasteiger charge is -2.41. The van der Waals surface area contributed by atoms with Crippen molar-refractivity contribution in [3.8, 4) is 6.07 Å². The molecule has 5 rings (SSSR count). The zero-order valence-electron chi connectivity index (χ0n) is 15.7. The molecule has 1 atom stereocenters. The number of anilines is 1. The Hall–Kier alpha value is -2.54. The molecule has 1 unspecified atom stereocenters. The summed E-state index contributed by atoms with van der Waals surface area (Å²) in [5.41, 5.74) is 3.28. The molecule has 0 radical (unpaired) electrons. The van der Waals surface area contributed by atoms with Gasteiger partial charge in [-0.2, -0.15) is 5.26 Å². The van der Waals surface area contributed by atoms with Crippen molar-refractivity contribution in [1.82, 2.24) is 4.90 Å². The van der Waals surface area contributed by atoms with Crippen LogP contribution in [0.5, 0.6) is 0 Å². The normalized spacial score (nSPS) is 20.8. The lowest BCUT2D eigenvalue weighted by Crippen LogP contribution is -2.49. The van der Waals surface area contributed by atoms with Gasteiger partial charge < -0.3 is 5.32 Å². The molecule has 0 aromatic heterocycles. The van der Waals surface area contributed by atoms with E-state index >= 15 is 0 Å². The number of hydrogen-bond acceptors (Lipinski definition) is 3.